The second-order valence-electron chi connectivity index (χ2n) is 5.16. The number of tetrazole rings is 1. The minimum atomic E-state index is -0.404. The van der Waals surface area contributed by atoms with E-state index in [0.29, 0.717) is 21.7 Å². The first-order valence-corrected chi connectivity index (χ1v) is 8.60. The molecule has 0 radical (unpaired) electrons. The predicted octanol–water partition coefficient (Wildman–Crippen LogP) is 3.67. The zero-order valence-corrected chi connectivity index (χ0v) is 14.9. The molecule has 0 aliphatic rings. The van der Waals surface area contributed by atoms with Gasteiger partial charge in [-0.2, -0.15) is 0 Å². The lowest BCUT2D eigenvalue weighted by Gasteiger charge is -1.99. The summed E-state index contributed by atoms with van der Waals surface area (Å²) in [6, 6.07) is 5.58. The fraction of sp³-hybridized carbons (Fsp3) is 0.0714. The summed E-state index contributed by atoms with van der Waals surface area (Å²) in [4.78, 5) is 19.6. The van der Waals surface area contributed by atoms with Crippen molar-refractivity contribution in [2.75, 3.05) is 5.32 Å². The maximum atomic E-state index is 12.4. The van der Waals surface area contributed by atoms with Gasteiger partial charge in [0.15, 0.2) is 11.0 Å². The molecule has 0 aliphatic heterocycles. The molecule has 0 bridgehead atoms. The van der Waals surface area contributed by atoms with E-state index >= 15 is 0 Å². The van der Waals surface area contributed by atoms with Gasteiger partial charge in [0, 0.05) is 11.3 Å². The minimum Gasteiger partial charge on any atom is -0.352 e. The second kappa shape index (κ2) is 6.10. The summed E-state index contributed by atoms with van der Waals surface area (Å²) in [5.74, 6) is 0.155. The number of aromatic nitrogens is 6. The predicted molar refractivity (Wildman–Crippen MR) is 96.3 cm³/mol. The van der Waals surface area contributed by atoms with Gasteiger partial charge in [0.1, 0.15) is 5.69 Å². The van der Waals surface area contributed by atoms with Gasteiger partial charge in [-0.1, -0.05) is 34.5 Å². The molecule has 3 N–H and O–H groups in total. The first-order valence-electron chi connectivity index (χ1n) is 7.02. The molecule has 3 aromatic heterocycles. The highest BCUT2D eigenvalue weighted by atomic mass is 35.5. The minimum absolute atomic E-state index is 0.192. The molecule has 0 atom stereocenters. The number of carbonyl (C=O) groups is 1. The number of aryl methyl sites for hydroxylation is 1. The monoisotopic (exact) mass is 393 g/mol. The Morgan fingerprint density at radius 2 is 2.12 bits per heavy atom. The second-order valence-corrected chi connectivity index (χ2v) is 6.95. The molecule has 3 heterocycles. The maximum absolute atomic E-state index is 12.4. The van der Waals surface area contributed by atoms with E-state index < -0.39 is 5.91 Å². The molecule has 0 saturated heterocycles. The number of rotatable bonds is 3. The summed E-state index contributed by atoms with van der Waals surface area (Å²) in [7, 11) is 0. The van der Waals surface area contributed by atoms with Crippen molar-refractivity contribution in [3.63, 3.8) is 0 Å². The number of nitrogens with one attached hydrogen (secondary N) is 3. The van der Waals surface area contributed by atoms with Crippen LogP contribution in [-0.4, -0.2) is 36.5 Å². The lowest BCUT2D eigenvalue weighted by atomic mass is 10.2. The van der Waals surface area contributed by atoms with Gasteiger partial charge >= 0.3 is 0 Å². The fourth-order valence-corrected chi connectivity index (χ4v) is 3.61. The SMILES string of the molecule is Cc1[nH]c(C(=O)Nc2nc3ccc(-c4nnn[nH]4)cc3s2)c(Cl)c1Cl. The van der Waals surface area contributed by atoms with Crippen molar-refractivity contribution in [2.24, 2.45) is 0 Å². The third-order valence-corrected chi connectivity index (χ3v) is 5.39. The van der Waals surface area contributed by atoms with Crippen LogP contribution in [0.1, 0.15) is 16.2 Å². The normalized spacial score (nSPS) is 11.2. The average Bonchev–Trinajstić information content (AvgIpc) is 3.30. The summed E-state index contributed by atoms with van der Waals surface area (Å²) in [6.07, 6.45) is 0. The van der Waals surface area contributed by atoms with Crippen molar-refractivity contribution in [1.29, 1.82) is 0 Å². The van der Waals surface area contributed by atoms with Gasteiger partial charge in [-0.15, -0.1) is 5.10 Å². The number of thiazole rings is 1. The van der Waals surface area contributed by atoms with E-state index in [2.05, 4.69) is 35.9 Å². The molecule has 0 aliphatic carbocycles. The summed E-state index contributed by atoms with van der Waals surface area (Å²) in [5.41, 5.74) is 2.42. The number of carbonyl (C=O) groups excluding carboxylic acids is 1. The molecular weight excluding hydrogens is 385 g/mol. The van der Waals surface area contributed by atoms with Crippen LogP contribution in [-0.2, 0) is 0 Å². The standard InChI is InChI=1S/C14H9Cl2N7OS/c1-5-9(15)10(16)11(17-5)13(24)19-14-18-7-3-2-6(4-8(7)25-14)12-20-22-23-21-12/h2-4,17H,1H3,(H,18,19,24)(H,20,21,22,23). The molecule has 4 rings (SSSR count). The van der Waals surface area contributed by atoms with Crippen molar-refractivity contribution in [3.8, 4) is 11.4 Å². The summed E-state index contributed by atoms with van der Waals surface area (Å²) in [6.45, 7) is 1.74. The highest BCUT2D eigenvalue weighted by Gasteiger charge is 2.19. The average molecular weight is 394 g/mol. The Balaban J connectivity index is 1.63. The van der Waals surface area contributed by atoms with Crippen molar-refractivity contribution in [2.45, 2.75) is 6.92 Å². The van der Waals surface area contributed by atoms with Gasteiger partial charge in [-0.05, 0) is 35.5 Å². The highest BCUT2D eigenvalue weighted by Crippen LogP contribution is 2.32. The van der Waals surface area contributed by atoms with Crippen LogP contribution in [0.2, 0.25) is 10.0 Å². The molecule has 0 fully saturated rings. The number of nitrogens with zero attached hydrogens (tertiary/aromatic N) is 4. The molecule has 0 spiro atoms. The van der Waals surface area contributed by atoms with E-state index in [-0.39, 0.29) is 10.7 Å². The number of H-pyrrole nitrogens is 2. The quantitative estimate of drug-likeness (QED) is 0.491. The Morgan fingerprint density at radius 1 is 1.28 bits per heavy atom. The molecule has 0 saturated carbocycles. The largest absolute Gasteiger partial charge is 0.352 e. The van der Waals surface area contributed by atoms with Crippen LogP contribution < -0.4 is 5.32 Å². The van der Waals surface area contributed by atoms with E-state index in [1.165, 1.54) is 11.3 Å². The molecule has 1 amide bonds. The van der Waals surface area contributed by atoms with Gasteiger partial charge < -0.3 is 4.98 Å². The highest BCUT2D eigenvalue weighted by molar-refractivity contribution is 7.22. The molecule has 4 aromatic rings. The van der Waals surface area contributed by atoms with Gasteiger partial charge in [0.2, 0.25) is 0 Å². The zero-order valence-electron chi connectivity index (χ0n) is 12.6. The van der Waals surface area contributed by atoms with Crippen LogP contribution in [0.15, 0.2) is 18.2 Å². The molecule has 11 heteroatoms. The Kier molecular flexibility index (Phi) is 3.91. The van der Waals surface area contributed by atoms with Crippen molar-refractivity contribution >= 4 is 55.8 Å². The third-order valence-electron chi connectivity index (χ3n) is 3.51. The zero-order chi connectivity index (χ0) is 17.6. The Morgan fingerprint density at radius 3 is 2.80 bits per heavy atom. The number of hydrogen-bond acceptors (Lipinski definition) is 6. The van der Waals surface area contributed by atoms with Gasteiger partial charge in [0.05, 0.1) is 20.3 Å². The topological polar surface area (TPSA) is 112 Å². The Bertz CT molecular complexity index is 1090. The van der Waals surface area contributed by atoms with Crippen LogP contribution in [0.4, 0.5) is 5.13 Å². The first-order chi connectivity index (χ1) is 12.0. The van der Waals surface area contributed by atoms with E-state index in [4.69, 9.17) is 23.2 Å². The lowest BCUT2D eigenvalue weighted by molar-refractivity contribution is 0.102. The van der Waals surface area contributed by atoms with E-state index in [1.54, 1.807) is 6.92 Å². The lowest BCUT2D eigenvalue weighted by Crippen LogP contribution is -2.12. The Hall–Kier alpha value is -2.49. The number of aromatic amines is 2. The molecule has 25 heavy (non-hydrogen) atoms. The van der Waals surface area contributed by atoms with Crippen molar-refractivity contribution < 1.29 is 4.79 Å². The summed E-state index contributed by atoms with van der Waals surface area (Å²) in [5, 5.41) is 17.4. The van der Waals surface area contributed by atoms with Crippen molar-refractivity contribution in [3.05, 3.63) is 39.6 Å². The van der Waals surface area contributed by atoms with Gasteiger partial charge in [-0.3, -0.25) is 10.1 Å². The van der Waals surface area contributed by atoms with E-state index in [1.807, 2.05) is 18.2 Å². The molecule has 1 aromatic carbocycles. The smallest absolute Gasteiger partial charge is 0.275 e. The summed E-state index contributed by atoms with van der Waals surface area (Å²) >= 11 is 13.4. The third kappa shape index (κ3) is 2.86. The van der Waals surface area contributed by atoms with Crippen molar-refractivity contribution in [1.82, 2.24) is 30.6 Å². The number of benzene rings is 1. The van der Waals surface area contributed by atoms with Crippen LogP contribution in [0.5, 0.6) is 0 Å². The summed E-state index contributed by atoms with van der Waals surface area (Å²) < 4.78 is 0.885. The number of hydrogen-bond donors (Lipinski definition) is 3. The maximum Gasteiger partial charge on any atom is 0.275 e. The van der Waals surface area contributed by atoms with Gasteiger partial charge in [-0.25, -0.2) is 10.1 Å². The van der Waals surface area contributed by atoms with Gasteiger partial charge in [0.25, 0.3) is 5.91 Å². The fourth-order valence-electron chi connectivity index (χ4n) is 2.29. The van der Waals surface area contributed by atoms with Crippen LogP contribution in [0, 0.1) is 6.92 Å². The molecule has 0 unspecified atom stereocenters. The number of halogens is 2. The first kappa shape index (κ1) is 16.0. The Labute approximate surface area is 154 Å². The molecule has 8 nitrogen and oxygen atoms in total. The number of anilines is 1. The van der Waals surface area contributed by atoms with Crippen LogP contribution in [0.25, 0.3) is 21.6 Å². The number of fused-ring (bicyclic) bond motifs is 1. The number of amides is 1. The molecule has 126 valence electrons. The van der Waals surface area contributed by atoms with E-state index in [0.717, 1.165) is 15.8 Å². The molecular formula is C14H9Cl2N7OS. The van der Waals surface area contributed by atoms with Crippen LogP contribution >= 0.6 is 34.5 Å². The van der Waals surface area contributed by atoms with E-state index in [9.17, 15) is 4.79 Å². The van der Waals surface area contributed by atoms with Crippen LogP contribution in [0.3, 0.4) is 0 Å².